The van der Waals surface area contributed by atoms with Gasteiger partial charge in [-0.25, -0.2) is 0 Å². The molecule has 2 aromatic carbocycles. The average Bonchev–Trinajstić information content (AvgIpc) is 2.70. The number of para-hydroxylation sites is 2. The Hall–Kier alpha value is -2.82. The molecule has 0 bridgehead atoms. The Bertz CT molecular complexity index is 815. The molecule has 0 spiro atoms. The minimum Gasteiger partial charge on any atom is -0.477 e. The lowest BCUT2D eigenvalue weighted by molar-refractivity contribution is -0.127. The minimum atomic E-state index is -0.717. The van der Waals surface area contributed by atoms with Gasteiger partial charge in [0.05, 0.1) is 12.2 Å². The molecule has 1 aliphatic heterocycles. The summed E-state index contributed by atoms with van der Waals surface area (Å²) >= 11 is 0. The highest BCUT2D eigenvalue weighted by Gasteiger charge is 2.34. The molecule has 1 heterocycles. The van der Waals surface area contributed by atoms with E-state index >= 15 is 0 Å². The quantitative estimate of drug-likeness (QED) is 0.877. The Labute approximate surface area is 160 Å². The highest BCUT2D eigenvalue weighted by molar-refractivity contribution is 6.07. The summed E-state index contributed by atoms with van der Waals surface area (Å²) in [6, 6.07) is 15.0. The van der Waals surface area contributed by atoms with Gasteiger partial charge in [-0.3, -0.25) is 9.59 Å². The predicted molar refractivity (Wildman–Crippen MR) is 106 cm³/mol. The minimum absolute atomic E-state index is 0.130. The van der Waals surface area contributed by atoms with Crippen molar-refractivity contribution in [2.24, 2.45) is 0 Å². The summed E-state index contributed by atoms with van der Waals surface area (Å²) in [6.07, 6.45) is 0.130. The normalized spacial score (nSPS) is 15.9. The average molecular weight is 366 g/mol. The topological polar surface area (TPSA) is 58.6 Å². The number of carbonyl (C=O) groups excluding carboxylic acids is 2. The highest BCUT2D eigenvalue weighted by Crippen LogP contribution is 2.34. The van der Waals surface area contributed by atoms with Gasteiger partial charge in [0.15, 0.2) is 6.10 Å². The predicted octanol–water partition coefficient (Wildman–Crippen LogP) is 3.74. The molecule has 5 heteroatoms. The van der Waals surface area contributed by atoms with Crippen LogP contribution in [0.2, 0.25) is 0 Å². The van der Waals surface area contributed by atoms with Gasteiger partial charge in [0.1, 0.15) is 5.75 Å². The summed E-state index contributed by atoms with van der Waals surface area (Å²) in [6.45, 7) is 7.01. The molecule has 1 N–H and O–H groups in total. The van der Waals surface area contributed by atoms with E-state index in [9.17, 15) is 9.59 Å². The van der Waals surface area contributed by atoms with Crippen LogP contribution in [-0.2, 0) is 4.79 Å². The maximum atomic E-state index is 13.2. The van der Waals surface area contributed by atoms with Crippen molar-refractivity contribution < 1.29 is 14.3 Å². The number of anilines is 1. The molecule has 0 unspecified atom stereocenters. The zero-order chi connectivity index (χ0) is 19.4. The summed E-state index contributed by atoms with van der Waals surface area (Å²) in [5, 5.41) is 2.85. The first-order valence-electron chi connectivity index (χ1n) is 9.46. The number of ether oxygens (including phenoxy) is 1. The fourth-order valence-corrected chi connectivity index (χ4v) is 3.09. The van der Waals surface area contributed by atoms with Crippen molar-refractivity contribution in [1.82, 2.24) is 5.32 Å². The lowest BCUT2D eigenvalue weighted by Gasteiger charge is -2.34. The number of fused-ring (bicyclic) bond motifs is 1. The van der Waals surface area contributed by atoms with Gasteiger partial charge in [-0.05, 0) is 42.2 Å². The lowest BCUT2D eigenvalue weighted by atomic mass is 10.0. The lowest BCUT2D eigenvalue weighted by Crippen LogP contribution is -2.50. The van der Waals surface area contributed by atoms with E-state index in [0.29, 0.717) is 29.5 Å². The van der Waals surface area contributed by atoms with E-state index in [4.69, 9.17) is 4.74 Å². The first-order valence-corrected chi connectivity index (χ1v) is 9.46. The standard InChI is InChI=1S/C22H26N2O3/c1-4-13-23-21(25)20-14-24(18-7-5-6-8-19(18)27-20)22(26)17-11-9-16(10-12-17)15(2)3/h5-12,15,20H,4,13-14H2,1-3H3,(H,23,25)/t20-/m1/s1. The zero-order valence-corrected chi connectivity index (χ0v) is 16.1. The number of nitrogens with one attached hydrogen (secondary N) is 1. The van der Waals surface area contributed by atoms with E-state index in [1.807, 2.05) is 49.4 Å². The van der Waals surface area contributed by atoms with Crippen molar-refractivity contribution >= 4 is 17.5 Å². The molecule has 27 heavy (non-hydrogen) atoms. The summed E-state index contributed by atoms with van der Waals surface area (Å²) in [4.78, 5) is 27.2. The van der Waals surface area contributed by atoms with Crippen LogP contribution >= 0.6 is 0 Å². The molecule has 1 aliphatic rings. The largest absolute Gasteiger partial charge is 0.477 e. The van der Waals surface area contributed by atoms with Crippen LogP contribution in [0.1, 0.15) is 49.0 Å². The van der Waals surface area contributed by atoms with E-state index < -0.39 is 6.10 Å². The van der Waals surface area contributed by atoms with Crippen LogP contribution in [0.3, 0.4) is 0 Å². The summed E-state index contributed by atoms with van der Waals surface area (Å²) < 4.78 is 5.85. The molecule has 2 aromatic rings. The van der Waals surface area contributed by atoms with E-state index in [2.05, 4.69) is 19.2 Å². The summed E-state index contributed by atoms with van der Waals surface area (Å²) in [5.74, 6) is 0.631. The number of rotatable bonds is 5. The van der Waals surface area contributed by atoms with Gasteiger partial charge in [0, 0.05) is 12.1 Å². The van der Waals surface area contributed by atoms with Crippen LogP contribution in [0.25, 0.3) is 0 Å². The van der Waals surface area contributed by atoms with Gasteiger partial charge >= 0.3 is 0 Å². The van der Waals surface area contributed by atoms with Gasteiger partial charge in [-0.2, -0.15) is 0 Å². The van der Waals surface area contributed by atoms with Crippen molar-refractivity contribution in [2.75, 3.05) is 18.0 Å². The van der Waals surface area contributed by atoms with Crippen LogP contribution in [0.15, 0.2) is 48.5 Å². The number of carbonyl (C=O) groups is 2. The Morgan fingerprint density at radius 3 is 2.52 bits per heavy atom. The molecule has 142 valence electrons. The second-order valence-corrected chi connectivity index (χ2v) is 7.06. The van der Waals surface area contributed by atoms with Crippen LogP contribution in [0.4, 0.5) is 5.69 Å². The molecule has 0 saturated heterocycles. The maximum absolute atomic E-state index is 13.2. The molecule has 3 rings (SSSR count). The monoisotopic (exact) mass is 366 g/mol. The third-order valence-electron chi connectivity index (χ3n) is 4.68. The van der Waals surface area contributed by atoms with Crippen molar-refractivity contribution in [2.45, 2.75) is 39.2 Å². The molecule has 5 nitrogen and oxygen atoms in total. The van der Waals surface area contributed by atoms with E-state index in [-0.39, 0.29) is 18.4 Å². The van der Waals surface area contributed by atoms with Gasteiger partial charge in [-0.1, -0.05) is 45.0 Å². The van der Waals surface area contributed by atoms with Crippen LogP contribution in [0.5, 0.6) is 5.75 Å². The molecule has 0 fully saturated rings. The number of hydrogen-bond acceptors (Lipinski definition) is 3. The van der Waals surface area contributed by atoms with E-state index in [1.165, 1.54) is 5.56 Å². The second-order valence-electron chi connectivity index (χ2n) is 7.06. The number of nitrogens with zero attached hydrogens (tertiary/aromatic N) is 1. The Kier molecular flexibility index (Phi) is 5.79. The Morgan fingerprint density at radius 1 is 1.15 bits per heavy atom. The first kappa shape index (κ1) is 19.0. The molecule has 0 aliphatic carbocycles. The number of amides is 2. The molecule has 0 aromatic heterocycles. The van der Waals surface area contributed by atoms with Crippen molar-refractivity contribution in [3.63, 3.8) is 0 Å². The molecule has 0 saturated carbocycles. The third kappa shape index (κ3) is 4.13. The fraction of sp³-hybridized carbons (Fsp3) is 0.364. The van der Waals surface area contributed by atoms with Crippen LogP contribution in [0, 0.1) is 0 Å². The van der Waals surface area contributed by atoms with Crippen molar-refractivity contribution in [3.05, 3.63) is 59.7 Å². The second kappa shape index (κ2) is 8.25. The fourth-order valence-electron chi connectivity index (χ4n) is 3.09. The van der Waals surface area contributed by atoms with Crippen molar-refractivity contribution in [3.8, 4) is 5.75 Å². The van der Waals surface area contributed by atoms with Crippen molar-refractivity contribution in [1.29, 1.82) is 0 Å². The summed E-state index contributed by atoms with van der Waals surface area (Å²) in [5.41, 5.74) is 2.48. The van der Waals surface area contributed by atoms with Gasteiger partial charge < -0.3 is 15.0 Å². The SMILES string of the molecule is CCCNC(=O)[C@H]1CN(C(=O)c2ccc(C(C)C)cc2)c2ccccc2O1. The molecule has 0 radical (unpaired) electrons. The first-order chi connectivity index (χ1) is 13.0. The molecule has 2 amide bonds. The molecular weight excluding hydrogens is 340 g/mol. The number of benzene rings is 2. The van der Waals surface area contributed by atoms with Crippen LogP contribution < -0.4 is 15.0 Å². The maximum Gasteiger partial charge on any atom is 0.262 e. The summed E-state index contributed by atoms with van der Waals surface area (Å²) in [7, 11) is 0. The third-order valence-corrected chi connectivity index (χ3v) is 4.68. The highest BCUT2D eigenvalue weighted by atomic mass is 16.5. The number of hydrogen-bond donors (Lipinski definition) is 1. The van der Waals surface area contributed by atoms with Gasteiger partial charge in [0.2, 0.25) is 0 Å². The van der Waals surface area contributed by atoms with Crippen LogP contribution in [-0.4, -0.2) is 31.0 Å². The Morgan fingerprint density at radius 2 is 1.85 bits per heavy atom. The smallest absolute Gasteiger partial charge is 0.262 e. The molecule has 1 atom stereocenters. The van der Waals surface area contributed by atoms with E-state index in [0.717, 1.165) is 6.42 Å². The van der Waals surface area contributed by atoms with Gasteiger partial charge in [-0.15, -0.1) is 0 Å². The van der Waals surface area contributed by atoms with E-state index in [1.54, 1.807) is 11.0 Å². The Balaban J connectivity index is 1.87. The van der Waals surface area contributed by atoms with Gasteiger partial charge in [0.25, 0.3) is 11.8 Å². The molecular formula is C22H26N2O3. The zero-order valence-electron chi connectivity index (χ0n) is 16.1.